The normalized spacial score (nSPS) is 30.0. The summed E-state index contributed by atoms with van der Waals surface area (Å²) < 4.78 is 32.8. The number of hydrogen-bond donors (Lipinski definition) is 1. The smallest absolute Gasteiger partial charge is 0.192 e. The Morgan fingerprint density at radius 3 is 2.38 bits per heavy atom. The average Bonchev–Trinajstić information content (AvgIpc) is 2.88. The quantitative estimate of drug-likeness (QED) is 0.0850. The monoisotopic (exact) mass is 626 g/mol. The molecule has 1 saturated heterocycles. The molecule has 0 unspecified atom stereocenters. The van der Waals surface area contributed by atoms with Crippen molar-refractivity contribution in [2.24, 2.45) is 17.8 Å². The van der Waals surface area contributed by atoms with Crippen molar-refractivity contribution in [1.29, 1.82) is 0 Å². The topological polar surface area (TPSA) is 66.4 Å². The second-order valence-electron chi connectivity index (χ2n) is 15.9. The molecule has 8 atom stereocenters. The van der Waals surface area contributed by atoms with Gasteiger partial charge in [-0.2, -0.15) is 0 Å². The van der Waals surface area contributed by atoms with Gasteiger partial charge in [-0.25, -0.2) is 0 Å². The number of aliphatic hydroxyl groups is 1. The van der Waals surface area contributed by atoms with Crippen LogP contribution < -0.4 is 0 Å². The molecule has 2 heterocycles. The first-order chi connectivity index (χ1) is 19.3. The van der Waals surface area contributed by atoms with Crippen LogP contribution in [0.15, 0.2) is 23.8 Å². The summed E-state index contributed by atoms with van der Waals surface area (Å²) in [4.78, 5) is 0. The fourth-order valence-corrected chi connectivity index (χ4v) is 7.69. The van der Waals surface area contributed by atoms with Gasteiger partial charge in [-0.3, -0.25) is 0 Å². The molecular weight excluding hydrogens is 561 g/mol. The lowest BCUT2D eigenvalue weighted by Crippen LogP contribution is -2.55. The highest BCUT2D eigenvalue weighted by Crippen LogP contribution is 2.44. The molecule has 1 N–H and O–H groups in total. The van der Waals surface area contributed by atoms with Crippen molar-refractivity contribution in [2.75, 3.05) is 20.0 Å². The molecule has 0 saturated carbocycles. The Morgan fingerprint density at radius 2 is 1.81 bits per heavy atom. The predicted octanol–water partition coefficient (Wildman–Crippen LogP) is 8.55. The van der Waals surface area contributed by atoms with Crippen LogP contribution in [0.3, 0.4) is 0 Å². The largest absolute Gasteiger partial charge is 0.414 e. The van der Waals surface area contributed by atoms with Crippen molar-refractivity contribution in [2.45, 2.75) is 155 Å². The van der Waals surface area contributed by atoms with Crippen molar-refractivity contribution in [3.05, 3.63) is 23.8 Å². The maximum Gasteiger partial charge on any atom is 0.192 e. The molecule has 246 valence electrons. The third-order valence-electron chi connectivity index (χ3n) is 9.67. The zero-order valence-electron chi connectivity index (χ0n) is 29.4. The van der Waals surface area contributed by atoms with Gasteiger partial charge in [0.25, 0.3) is 0 Å². The summed E-state index contributed by atoms with van der Waals surface area (Å²) in [7, 11) is -3.14. The lowest BCUT2D eigenvalue weighted by atomic mass is 9.86. The summed E-state index contributed by atoms with van der Waals surface area (Å²) in [6, 6.07) is 1.11. The molecular formula is C34H66O6Si2. The fourth-order valence-electron chi connectivity index (χ4n) is 5.57. The van der Waals surface area contributed by atoms with Gasteiger partial charge < -0.3 is 28.5 Å². The van der Waals surface area contributed by atoms with Gasteiger partial charge in [-0.05, 0) is 61.5 Å². The van der Waals surface area contributed by atoms with E-state index in [4.69, 9.17) is 23.4 Å². The lowest BCUT2D eigenvalue weighted by molar-refractivity contribution is -0.297. The second kappa shape index (κ2) is 15.8. The third kappa shape index (κ3) is 11.2. The maximum atomic E-state index is 9.96. The van der Waals surface area contributed by atoms with Gasteiger partial charge in [0.15, 0.2) is 14.1 Å². The van der Waals surface area contributed by atoms with Gasteiger partial charge in [0.05, 0.1) is 24.4 Å². The SMILES string of the molecule is CC[C@H](C)[C@H]1O[C@]2(C=C[C@@H]1C)C[C@@H](O[Si](C)(C)C(C)(C)C)C[C@@H](C/C=C(\C)[C@@H](OCOCC[Si](C)(C)C)[C@@H](C)CO)O2. The predicted molar refractivity (Wildman–Crippen MR) is 180 cm³/mol. The first-order valence-corrected chi connectivity index (χ1v) is 23.1. The molecule has 6 nitrogen and oxygen atoms in total. The maximum absolute atomic E-state index is 9.96. The lowest BCUT2D eigenvalue weighted by Gasteiger charge is -2.50. The number of aliphatic hydroxyl groups excluding tert-OH is 1. The molecule has 2 aliphatic heterocycles. The van der Waals surface area contributed by atoms with E-state index in [0.717, 1.165) is 43.9 Å². The van der Waals surface area contributed by atoms with Crippen LogP contribution in [0.4, 0.5) is 0 Å². The molecule has 2 aliphatic rings. The summed E-state index contributed by atoms with van der Waals surface area (Å²) in [6.45, 7) is 30.5. The van der Waals surface area contributed by atoms with Crippen LogP contribution in [0, 0.1) is 17.8 Å². The molecule has 0 radical (unpaired) electrons. The van der Waals surface area contributed by atoms with E-state index in [0.29, 0.717) is 11.8 Å². The van der Waals surface area contributed by atoms with Crippen LogP contribution in [-0.4, -0.2) is 71.7 Å². The van der Waals surface area contributed by atoms with Gasteiger partial charge in [0, 0.05) is 39.5 Å². The van der Waals surface area contributed by atoms with Gasteiger partial charge in [-0.1, -0.05) is 86.7 Å². The summed E-state index contributed by atoms with van der Waals surface area (Å²) in [6.07, 6.45) is 9.98. The van der Waals surface area contributed by atoms with E-state index < -0.39 is 22.2 Å². The highest BCUT2D eigenvalue weighted by atomic mass is 28.4. The van der Waals surface area contributed by atoms with Crippen molar-refractivity contribution in [3.8, 4) is 0 Å². The first kappa shape index (κ1) is 37.9. The zero-order valence-corrected chi connectivity index (χ0v) is 31.4. The Morgan fingerprint density at radius 1 is 1.14 bits per heavy atom. The number of ether oxygens (including phenoxy) is 4. The summed E-state index contributed by atoms with van der Waals surface area (Å²) >= 11 is 0. The van der Waals surface area contributed by atoms with Crippen molar-refractivity contribution < 1.29 is 28.5 Å². The van der Waals surface area contributed by atoms with Crippen LogP contribution in [0.5, 0.6) is 0 Å². The van der Waals surface area contributed by atoms with Gasteiger partial charge >= 0.3 is 0 Å². The van der Waals surface area contributed by atoms with Gasteiger partial charge in [0.2, 0.25) is 0 Å². The van der Waals surface area contributed by atoms with E-state index in [-0.39, 0.29) is 48.8 Å². The van der Waals surface area contributed by atoms with E-state index in [1.165, 1.54) is 0 Å². The van der Waals surface area contributed by atoms with Crippen LogP contribution in [0.1, 0.15) is 81.1 Å². The Bertz CT molecular complexity index is 876. The zero-order chi connectivity index (χ0) is 31.9. The molecule has 0 bridgehead atoms. The van der Waals surface area contributed by atoms with Crippen LogP contribution in [0.25, 0.3) is 0 Å². The van der Waals surface area contributed by atoms with Crippen LogP contribution in [0.2, 0.25) is 43.8 Å². The van der Waals surface area contributed by atoms with Crippen molar-refractivity contribution in [1.82, 2.24) is 0 Å². The molecule has 0 aromatic rings. The average molecular weight is 627 g/mol. The van der Waals surface area contributed by atoms with E-state index >= 15 is 0 Å². The van der Waals surface area contributed by atoms with Crippen LogP contribution in [-0.2, 0) is 23.4 Å². The summed E-state index contributed by atoms with van der Waals surface area (Å²) in [5, 5.41) is 10.1. The molecule has 0 aliphatic carbocycles. The minimum atomic E-state index is -1.99. The Labute approximate surface area is 261 Å². The Hall–Kier alpha value is -0.326. The minimum Gasteiger partial charge on any atom is -0.414 e. The molecule has 42 heavy (non-hydrogen) atoms. The highest BCUT2D eigenvalue weighted by molar-refractivity contribution is 6.76. The van der Waals surface area contributed by atoms with Crippen molar-refractivity contribution in [3.63, 3.8) is 0 Å². The molecule has 1 fully saturated rings. The van der Waals surface area contributed by atoms with Crippen molar-refractivity contribution >= 4 is 16.4 Å². The number of rotatable bonds is 15. The van der Waals surface area contributed by atoms with E-state index in [1.807, 2.05) is 6.92 Å². The van der Waals surface area contributed by atoms with Gasteiger partial charge in [-0.15, -0.1) is 0 Å². The van der Waals surface area contributed by atoms with Crippen LogP contribution >= 0.6 is 0 Å². The molecule has 0 amide bonds. The first-order valence-electron chi connectivity index (χ1n) is 16.5. The molecule has 2 rings (SSSR count). The molecule has 1 spiro atoms. The van der Waals surface area contributed by atoms with E-state index in [9.17, 15) is 5.11 Å². The standard InChI is InChI=1S/C34H66O6Si2/c1-14-25(2)32-27(4)17-18-34(39-32)22-30(40-42(12,13)33(6,7)8)21-29(38-34)16-15-26(3)31(28(5)23-35)37-24-36-19-20-41(9,10)11/h15,17-18,25,27-32,35H,14,16,19-24H2,1-13H3/b26-15+/t25-,27-,28-,29+,30-,31+,32+,34+/m0/s1. The second-order valence-corrected chi connectivity index (χ2v) is 26.3. The van der Waals surface area contributed by atoms with E-state index in [1.54, 1.807) is 0 Å². The summed E-state index contributed by atoms with van der Waals surface area (Å²) in [5.74, 6) is -0.00471. The molecule has 0 aromatic heterocycles. The molecule has 8 heteroatoms. The highest BCUT2D eigenvalue weighted by Gasteiger charge is 2.48. The van der Waals surface area contributed by atoms with Gasteiger partial charge in [0.1, 0.15) is 6.79 Å². The summed E-state index contributed by atoms with van der Waals surface area (Å²) in [5.41, 5.74) is 1.10. The Kier molecular flexibility index (Phi) is 14.2. The van der Waals surface area contributed by atoms with E-state index in [2.05, 4.69) is 99.4 Å². The minimum absolute atomic E-state index is 0.0301. The fraction of sp³-hybridized carbons (Fsp3) is 0.882. The number of hydrogen-bond acceptors (Lipinski definition) is 6. The third-order valence-corrected chi connectivity index (χ3v) is 15.9. The Balaban J connectivity index is 2.23. The molecule has 0 aromatic carbocycles.